The molecule has 3 saturated heterocycles. The summed E-state index contributed by atoms with van der Waals surface area (Å²) in [7, 11) is 0. The smallest absolute Gasteiger partial charge is 0.123 e. The van der Waals surface area contributed by atoms with E-state index in [0.717, 1.165) is 18.0 Å². The Labute approximate surface area is 107 Å². The van der Waals surface area contributed by atoms with Crippen molar-refractivity contribution in [3.8, 4) is 11.5 Å². The number of nitrogens with zero attached hydrogens (tertiary/aromatic N) is 1. The molecule has 0 aromatic heterocycles. The van der Waals surface area contributed by atoms with Crippen LogP contribution in [-0.4, -0.2) is 40.8 Å². The lowest BCUT2D eigenvalue weighted by atomic mass is 9.84. The van der Waals surface area contributed by atoms with Crippen LogP contribution in [0.25, 0.3) is 0 Å². The highest BCUT2D eigenvalue weighted by atomic mass is 16.3. The zero-order valence-electron chi connectivity index (χ0n) is 10.5. The van der Waals surface area contributed by atoms with Gasteiger partial charge in [-0.25, -0.2) is 0 Å². The summed E-state index contributed by atoms with van der Waals surface area (Å²) in [5.74, 6) is 1.07. The van der Waals surface area contributed by atoms with Crippen molar-refractivity contribution in [1.29, 1.82) is 0 Å². The summed E-state index contributed by atoms with van der Waals surface area (Å²) in [5, 5.41) is 22.5. The van der Waals surface area contributed by atoms with E-state index in [1.165, 1.54) is 32.0 Å². The van der Waals surface area contributed by atoms with Gasteiger partial charge in [0.2, 0.25) is 0 Å². The summed E-state index contributed by atoms with van der Waals surface area (Å²) in [5.41, 5.74) is 0.851. The van der Waals surface area contributed by atoms with Crippen molar-refractivity contribution >= 4 is 0 Å². The van der Waals surface area contributed by atoms with Gasteiger partial charge in [-0.1, -0.05) is 6.07 Å². The molecule has 0 saturated carbocycles. The largest absolute Gasteiger partial charge is 0.508 e. The number of aromatic hydroxyl groups is 2. The lowest BCUT2D eigenvalue weighted by molar-refractivity contribution is 0.0719. The lowest BCUT2D eigenvalue weighted by Crippen LogP contribution is -2.55. The number of fused-ring (bicyclic) bond motifs is 3. The number of phenols is 2. The second-order valence-electron chi connectivity index (χ2n) is 5.44. The van der Waals surface area contributed by atoms with E-state index in [0.29, 0.717) is 12.6 Å². The fraction of sp³-hybridized carbons (Fsp3) is 0.571. The van der Waals surface area contributed by atoms with E-state index in [4.69, 9.17) is 0 Å². The molecule has 4 heteroatoms. The van der Waals surface area contributed by atoms with Crippen molar-refractivity contribution in [2.24, 2.45) is 5.92 Å². The van der Waals surface area contributed by atoms with Gasteiger partial charge in [0.1, 0.15) is 11.5 Å². The minimum atomic E-state index is 0.110. The summed E-state index contributed by atoms with van der Waals surface area (Å²) in [6.45, 7) is 4.28. The summed E-state index contributed by atoms with van der Waals surface area (Å²) in [4.78, 5) is 2.51. The van der Waals surface area contributed by atoms with Gasteiger partial charge in [-0.2, -0.15) is 0 Å². The van der Waals surface area contributed by atoms with Gasteiger partial charge in [-0.3, -0.25) is 0 Å². The summed E-state index contributed by atoms with van der Waals surface area (Å²) >= 11 is 0. The summed E-state index contributed by atoms with van der Waals surface area (Å²) < 4.78 is 0. The van der Waals surface area contributed by atoms with Crippen LogP contribution in [0.2, 0.25) is 0 Å². The molecule has 1 aromatic carbocycles. The van der Waals surface area contributed by atoms with E-state index >= 15 is 0 Å². The average molecular weight is 248 g/mol. The van der Waals surface area contributed by atoms with Crippen LogP contribution < -0.4 is 5.32 Å². The van der Waals surface area contributed by atoms with Gasteiger partial charge in [0.15, 0.2) is 0 Å². The molecule has 0 spiro atoms. The molecule has 2 bridgehead atoms. The molecule has 0 amide bonds. The maximum Gasteiger partial charge on any atom is 0.123 e. The summed E-state index contributed by atoms with van der Waals surface area (Å²) in [6.07, 6.45) is 2.58. The molecule has 18 heavy (non-hydrogen) atoms. The highest BCUT2D eigenvalue weighted by Gasteiger charge is 2.33. The number of hydrogen-bond donors (Lipinski definition) is 3. The van der Waals surface area contributed by atoms with Gasteiger partial charge < -0.3 is 20.4 Å². The van der Waals surface area contributed by atoms with Crippen LogP contribution in [0, 0.1) is 5.92 Å². The molecule has 1 unspecified atom stereocenters. The fourth-order valence-electron chi connectivity index (χ4n) is 3.14. The first-order valence-electron chi connectivity index (χ1n) is 6.69. The van der Waals surface area contributed by atoms with Crippen LogP contribution >= 0.6 is 0 Å². The number of nitrogens with one attached hydrogen (secondary N) is 1. The van der Waals surface area contributed by atoms with Crippen LogP contribution in [0.4, 0.5) is 0 Å². The molecule has 98 valence electrons. The standard InChI is InChI=1S/C14H20N2O2/c17-12-2-1-11(14(18)7-12)8-15-13-9-16-5-3-10(13)4-6-16/h1-2,7,10,13,15,17-18H,3-6,8-9H2. The van der Waals surface area contributed by atoms with Gasteiger partial charge in [0, 0.05) is 30.8 Å². The Bertz CT molecular complexity index is 428. The van der Waals surface area contributed by atoms with Crippen molar-refractivity contribution in [2.75, 3.05) is 19.6 Å². The SMILES string of the molecule is Oc1ccc(CNC2CN3CCC2CC3)c(O)c1. The molecule has 0 aliphatic carbocycles. The minimum absolute atomic E-state index is 0.110. The third-order valence-electron chi connectivity index (χ3n) is 4.28. The topological polar surface area (TPSA) is 55.7 Å². The zero-order chi connectivity index (χ0) is 12.5. The van der Waals surface area contributed by atoms with Crippen molar-refractivity contribution in [2.45, 2.75) is 25.4 Å². The number of piperidine rings is 3. The third kappa shape index (κ3) is 2.31. The van der Waals surface area contributed by atoms with Gasteiger partial charge in [-0.05, 0) is 37.9 Å². The maximum atomic E-state index is 9.74. The van der Waals surface area contributed by atoms with Crippen molar-refractivity contribution < 1.29 is 10.2 Å². The number of phenolic OH excluding ortho intramolecular Hbond substituents is 2. The first-order valence-corrected chi connectivity index (χ1v) is 6.69. The molecule has 4 nitrogen and oxygen atoms in total. The third-order valence-corrected chi connectivity index (χ3v) is 4.28. The normalized spacial score (nSPS) is 30.6. The Morgan fingerprint density at radius 2 is 2.00 bits per heavy atom. The molecule has 1 atom stereocenters. The molecule has 3 aliphatic rings. The highest BCUT2D eigenvalue weighted by molar-refractivity contribution is 5.38. The van der Waals surface area contributed by atoms with E-state index in [9.17, 15) is 10.2 Å². The second-order valence-corrected chi connectivity index (χ2v) is 5.44. The van der Waals surface area contributed by atoms with E-state index in [-0.39, 0.29) is 11.5 Å². The van der Waals surface area contributed by atoms with Crippen molar-refractivity contribution in [3.63, 3.8) is 0 Å². The molecule has 4 rings (SSSR count). The molecule has 3 heterocycles. The van der Waals surface area contributed by atoms with E-state index < -0.39 is 0 Å². The van der Waals surface area contributed by atoms with Crippen LogP contribution in [-0.2, 0) is 6.54 Å². The Kier molecular flexibility index (Phi) is 3.14. The van der Waals surface area contributed by atoms with Crippen molar-refractivity contribution in [3.05, 3.63) is 23.8 Å². The van der Waals surface area contributed by atoms with Crippen LogP contribution in [0.1, 0.15) is 18.4 Å². The molecule has 0 radical (unpaired) electrons. The van der Waals surface area contributed by atoms with Crippen molar-refractivity contribution in [1.82, 2.24) is 10.2 Å². The van der Waals surface area contributed by atoms with Gasteiger partial charge >= 0.3 is 0 Å². The number of rotatable bonds is 3. The number of hydrogen-bond acceptors (Lipinski definition) is 4. The number of benzene rings is 1. The second kappa shape index (κ2) is 4.78. The molecule has 3 N–H and O–H groups in total. The fourth-order valence-corrected chi connectivity index (χ4v) is 3.14. The molecular formula is C14H20N2O2. The van der Waals surface area contributed by atoms with Gasteiger partial charge in [-0.15, -0.1) is 0 Å². The quantitative estimate of drug-likeness (QED) is 0.754. The van der Waals surface area contributed by atoms with Crippen LogP contribution in [0.5, 0.6) is 11.5 Å². The lowest BCUT2D eigenvalue weighted by Gasteiger charge is -2.45. The Morgan fingerprint density at radius 3 is 2.61 bits per heavy atom. The van der Waals surface area contributed by atoms with Crippen LogP contribution in [0.15, 0.2) is 18.2 Å². The van der Waals surface area contributed by atoms with E-state index in [1.807, 2.05) is 0 Å². The molecular weight excluding hydrogens is 228 g/mol. The zero-order valence-corrected chi connectivity index (χ0v) is 10.5. The predicted octanol–water partition coefficient (Wildman–Crippen LogP) is 1.28. The first kappa shape index (κ1) is 11.8. The van der Waals surface area contributed by atoms with E-state index in [1.54, 1.807) is 12.1 Å². The minimum Gasteiger partial charge on any atom is -0.508 e. The van der Waals surface area contributed by atoms with Crippen LogP contribution in [0.3, 0.4) is 0 Å². The maximum absolute atomic E-state index is 9.74. The average Bonchev–Trinajstić information content (AvgIpc) is 2.39. The highest BCUT2D eigenvalue weighted by Crippen LogP contribution is 2.28. The van der Waals surface area contributed by atoms with Gasteiger partial charge in [0.05, 0.1) is 0 Å². The Morgan fingerprint density at radius 1 is 1.22 bits per heavy atom. The molecule has 1 aromatic rings. The predicted molar refractivity (Wildman–Crippen MR) is 69.6 cm³/mol. The first-order chi connectivity index (χ1) is 8.72. The summed E-state index contributed by atoms with van der Waals surface area (Å²) in [6, 6.07) is 5.33. The molecule has 3 fully saturated rings. The monoisotopic (exact) mass is 248 g/mol. The Hall–Kier alpha value is -1.26. The van der Waals surface area contributed by atoms with Gasteiger partial charge in [0.25, 0.3) is 0 Å². The Balaban J connectivity index is 1.61. The molecule has 3 aliphatic heterocycles. The van der Waals surface area contributed by atoms with E-state index in [2.05, 4.69) is 10.2 Å².